The van der Waals surface area contributed by atoms with E-state index < -0.39 is 42.4 Å². The molecule has 2 atom stereocenters. The highest BCUT2D eigenvalue weighted by Crippen LogP contribution is 2.18. The van der Waals surface area contributed by atoms with Crippen molar-refractivity contribution in [2.75, 3.05) is 6.54 Å². The summed E-state index contributed by atoms with van der Waals surface area (Å²) < 4.78 is 12.4. The van der Waals surface area contributed by atoms with E-state index in [4.69, 9.17) is 10.2 Å². The van der Waals surface area contributed by atoms with Gasteiger partial charge in [0.2, 0.25) is 0 Å². The van der Waals surface area contributed by atoms with Gasteiger partial charge in [0.05, 0.1) is 12.1 Å². The van der Waals surface area contributed by atoms with Gasteiger partial charge in [-0.3, -0.25) is 9.59 Å². The van der Waals surface area contributed by atoms with Crippen LogP contribution in [0.25, 0.3) is 0 Å². The van der Waals surface area contributed by atoms with Crippen molar-refractivity contribution in [1.82, 2.24) is 16.0 Å². The second-order valence-corrected chi connectivity index (χ2v) is 7.31. The van der Waals surface area contributed by atoms with Crippen molar-refractivity contribution in [3.8, 4) is 0 Å². The first-order chi connectivity index (χ1) is 15.1. The van der Waals surface area contributed by atoms with Crippen molar-refractivity contribution in [1.29, 1.82) is 0 Å². The minimum atomic E-state index is -1.48. The van der Waals surface area contributed by atoms with Gasteiger partial charge in [-0.15, -0.1) is 0 Å². The van der Waals surface area contributed by atoms with Crippen LogP contribution in [0.5, 0.6) is 0 Å². The van der Waals surface area contributed by atoms with E-state index in [0.717, 1.165) is 0 Å². The van der Waals surface area contributed by atoms with E-state index >= 15 is 0 Å². The Bertz CT molecular complexity index is 821. The number of carboxylic acids is 3. The highest BCUT2D eigenvalue weighted by Gasteiger charge is 2.24. The van der Waals surface area contributed by atoms with Crippen molar-refractivity contribution < 1.29 is 43.2 Å². The molecular formula is C19H24FN3O8S. The van der Waals surface area contributed by atoms with Crippen LogP contribution < -0.4 is 16.0 Å². The number of halogens is 1. The number of amides is 3. The normalized spacial score (nSPS) is 12.3. The summed E-state index contributed by atoms with van der Waals surface area (Å²) in [7, 11) is 0. The van der Waals surface area contributed by atoms with Gasteiger partial charge in [-0.2, -0.15) is 3.89 Å². The van der Waals surface area contributed by atoms with Crippen LogP contribution >= 0.6 is 12.1 Å². The number of benzene rings is 1. The number of carbonyl (C=O) groups is 5. The van der Waals surface area contributed by atoms with Crippen molar-refractivity contribution >= 4 is 42.0 Å². The van der Waals surface area contributed by atoms with Gasteiger partial charge in [0.15, 0.2) is 0 Å². The second-order valence-electron chi connectivity index (χ2n) is 6.69. The molecule has 0 aromatic heterocycles. The lowest BCUT2D eigenvalue weighted by atomic mass is 10.1. The number of hydrogen-bond acceptors (Lipinski definition) is 6. The Morgan fingerprint density at radius 3 is 1.94 bits per heavy atom. The molecule has 0 fully saturated rings. The quantitative estimate of drug-likeness (QED) is 0.219. The first-order valence-corrected chi connectivity index (χ1v) is 10.3. The van der Waals surface area contributed by atoms with Gasteiger partial charge in [0, 0.05) is 23.4 Å². The van der Waals surface area contributed by atoms with Crippen LogP contribution in [-0.2, 0) is 14.4 Å². The highest BCUT2D eigenvalue weighted by molar-refractivity contribution is 7.94. The van der Waals surface area contributed by atoms with Gasteiger partial charge >= 0.3 is 23.9 Å². The van der Waals surface area contributed by atoms with Gasteiger partial charge in [-0.25, -0.2) is 14.4 Å². The number of aliphatic carboxylic acids is 3. The standard InChI is InChI=1S/C19H24FN3O8S/c20-32-12-6-4-11(5-7-12)16(26)21-10-2-1-3-13(17(27)28)22-19(31)23-14(18(29)30)8-9-15(24)25/h4-7,13-14H,1-3,8-10H2,(H,21,26)(H,24,25)(H,27,28)(H,29,30)(H2,22,23,31). The number of unbranched alkanes of at least 4 members (excludes halogenated alkanes) is 1. The zero-order chi connectivity index (χ0) is 24.1. The Morgan fingerprint density at radius 1 is 0.875 bits per heavy atom. The highest BCUT2D eigenvalue weighted by atomic mass is 32.2. The summed E-state index contributed by atoms with van der Waals surface area (Å²) >= 11 is 0.0640. The third-order valence-electron chi connectivity index (χ3n) is 4.26. The summed E-state index contributed by atoms with van der Waals surface area (Å²) in [5.74, 6) is -4.37. The maximum Gasteiger partial charge on any atom is 0.326 e. The van der Waals surface area contributed by atoms with Gasteiger partial charge in [-0.05, 0) is 49.9 Å². The summed E-state index contributed by atoms with van der Waals surface area (Å²) in [4.78, 5) is 57.3. The van der Waals surface area contributed by atoms with E-state index in [1.165, 1.54) is 24.3 Å². The summed E-state index contributed by atoms with van der Waals surface area (Å²) in [5, 5.41) is 33.7. The molecular weight excluding hydrogens is 449 g/mol. The third-order valence-corrected chi connectivity index (χ3v) is 4.71. The lowest BCUT2D eigenvalue weighted by Crippen LogP contribution is -2.51. The Balaban J connectivity index is 2.41. The lowest BCUT2D eigenvalue weighted by Gasteiger charge is -2.18. The molecule has 0 spiro atoms. The molecule has 0 aliphatic rings. The second kappa shape index (κ2) is 13.9. The van der Waals surface area contributed by atoms with E-state index in [-0.39, 0.29) is 37.4 Å². The molecule has 1 rings (SSSR count). The van der Waals surface area contributed by atoms with Crippen LogP contribution in [0, 0.1) is 0 Å². The lowest BCUT2D eigenvalue weighted by molar-refractivity contribution is -0.140. The number of rotatable bonds is 14. The number of nitrogens with one attached hydrogen (secondary N) is 3. The summed E-state index contributed by atoms with van der Waals surface area (Å²) in [5.41, 5.74) is 0.348. The number of carboxylic acid groups (broad SMARTS) is 3. The summed E-state index contributed by atoms with van der Waals surface area (Å²) in [6.45, 7) is 0.243. The topological polar surface area (TPSA) is 182 Å². The van der Waals surface area contributed by atoms with Crippen LogP contribution in [0.3, 0.4) is 0 Å². The fraction of sp³-hybridized carbons (Fsp3) is 0.421. The average molecular weight is 473 g/mol. The molecule has 0 radical (unpaired) electrons. The summed E-state index contributed by atoms with van der Waals surface area (Å²) in [6, 6.07) is 2.05. The Labute approximate surface area is 187 Å². The molecule has 176 valence electrons. The van der Waals surface area contributed by atoms with Crippen molar-refractivity contribution in [2.24, 2.45) is 0 Å². The van der Waals surface area contributed by atoms with E-state index in [0.29, 0.717) is 23.3 Å². The van der Waals surface area contributed by atoms with Crippen LogP contribution in [-0.4, -0.2) is 63.8 Å². The van der Waals surface area contributed by atoms with Crippen LogP contribution in [0.15, 0.2) is 29.2 Å². The van der Waals surface area contributed by atoms with E-state index in [9.17, 15) is 33.0 Å². The van der Waals surface area contributed by atoms with Gasteiger partial charge < -0.3 is 31.3 Å². The largest absolute Gasteiger partial charge is 0.481 e. The van der Waals surface area contributed by atoms with Gasteiger partial charge in [0.25, 0.3) is 5.91 Å². The molecule has 6 N–H and O–H groups in total. The number of urea groups is 1. The van der Waals surface area contributed by atoms with Gasteiger partial charge in [0.1, 0.15) is 12.1 Å². The average Bonchev–Trinajstić information content (AvgIpc) is 2.74. The van der Waals surface area contributed by atoms with E-state index in [2.05, 4.69) is 10.6 Å². The first-order valence-electron chi connectivity index (χ1n) is 9.55. The zero-order valence-electron chi connectivity index (χ0n) is 16.9. The van der Waals surface area contributed by atoms with Crippen molar-refractivity contribution in [3.05, 3.63) is 29.8 Å². The molecule has 0 saturated carbocycles. The fourth-order valence-corrected chi connectivity index (χ4v) is 2.81. The van der Waals surface area contributed by atoms with Crippen molar-refractivity contribution in [3.63, 3.8) is 0 Å². The SMILES string of the molecule is O=C(O)CCC(NC(=O)NC(CCCCNC(=O)c1ccc(SF)cc1)C(=O)O)C(=O)O. The molecule has 13 heteroatoms. The molecule has 0 saturated heterocycles. The molecule has 1 aromatic carbocycles. The van der Waals surface area contributed by atoms with Crippen molar-refractivity contribution in [2.45, 2.75) is 49.1 Å². The summed E-state index contributed by atoms with van der Waals surface area (Å²) in [6.07, 6.45) is -0.0764. The Morgan fingerprint density at radius 2 is 1.44 bits per heavy atom. The Kier molecular flexibility index (Phi) is 11.6. The molecule has 0 heterocycles. The fourth-order valence-electron chi connectivity index (χ4n) is 2.58. The smallest absolute Gasteiger partial charge is 0.326 e. The number of hydrogen-bond donors (Lipinski definition) is 6. The van der Waals surface area contributed by atoms with E-state index in [1.54, 1.807) is 0 Å². The minimum absolute atomic E-state index is 0.0217. The number of carbonyl (C=O) groups excluding carboxylic acids is 2. The monoisotopic (exact) mass is 473 g/mol. The van der Waals surface area contributed by atoms with Crippen LogP contribution in [0.1, 0.15) is 42.5 Å². The molecule has 3 amide bonds. The molecule has 1 aromatic rings. The van der Waals surface area contributed by atoms with Crippen LogP contribution in [0.2, 0.25) is 0 Å². The molecule has 0 aliphatic heterocycles. The van der Waals surface area contributed by atoms with E-state index in [1.807, 2.05) is 5.32 Å². The molecule has 11 nitrogen and oxygen atoms in total. The third kappa shape index (κ3) is 10.1. The Hall–Kier alpha value is -3.35. The van der Waals surface area contributed by atoms with Gasteiger partial charge in [-0.1, -0.05) is 0 Å². The molecule has 0 bridgehead atoms. The maximum atomic E-state index is 12.4. The molecule has 0 aliphatic carbocycles. The first kappa shape index (κ1) is 26.7. The molecule has 32 heavy (non-hydrogen) atoms. The molecule has 2 unspecified atom stereocenters. The van der Waals surface area contributed by atoms with Crippen LogP contribution in [0.4, 0.5) is 8.68 Å². The predicted octanol–water partition coefficient (Wildman–Crippen LogP) is 1.63. The zero-order valence-corrected chi connectivity index (χ0v) is 17.7. The maximum absolute atomic E-state index is 12.4. The predicted molar refractivity (Wildman–Crippen MR) is 111 cm³/mol. The minimum Gasteiger partial charge on any atom is -0.481 e.